The van der Waals surface area contributed by atoms with Crippen LogP contribution in [-0.2, 0) is 0 Å². The summed E-state index contributed by atoms with van der Waals surface area (Å²) in [7, 11) is 0. The van der Waals surface area contributed by atoms with E-state index in [1.54, 1.807) is 0 Å². The summed E-state index contributed by atoms with van der Waals surface area (Å²) in [6.45, 7) is 12.6. The Labute approximate surface area is 189 Å². The fourth-order valence-electron chi connectivity index (χ4n) is 4.64. The number of hydrogen-bond donors (Lipinski definition) is 0. The molecule has 1 aliphatic rings. The molecule has 5 aromatic rings. The number of benzene rings is 5. The molecule has 0 N–H and O–H groups in total. The summed E-state index contributed by atoms with van der Waals surface area (Å²) < 4.78 is 0. The highest BCUT2D eigenvalue weighted by molar-refractivity contribution is 6.07. The maximum Gasteiger partial charge on any atom is -0.00992 e. The van der Waals surface area contributed by atoms with Gasteiger partial charge < -0.3 is 0 Å². The van der Waals surface area contributed by atoms with Crippen molar-refractivity contribution in [3.05, 3.63) is 106 Å². The van der Waals surface area contributed by atoms with E-state index in [4.69, 9.17) is 0 Å². The first-order valence-corrected chi connectivity index (χ1v) is 11.3. The lowest BCUT2D eigenvalue weighted by Gasteiger charge is -2.17. The monoisotopic (exact) mass is 412 g/mol. The highest BCUT2D eigenvalue weighted by Crippen LogP contribution is 2.23. The average molecular weight is 413 g/mol. The second-order valence-electron chi connectivity index (χ2n) is 8.97. The first-order valence-electron chi connectivity index (χ1n) is 11.3. The SMILES string of the molecule is C=c1cc2ccc3ccccc3c2cc1=C.CC1C=c2ccc3ccccc3c2=CC1C. The lowest BCUT2D eigenvalue weighted by molar-refractivity contribution is 0.609. The molecule has 0 radical (unpaired) electrons. The minimum Gasteiger partial charge on any atom is -0.0912 e. The van der Waals surface area contributed by atoms with Crippen molar-refractivity contribution in [2.45, 2.75) is 13.8 Å². The molecular formula is C32H28. The van der Waals surface area contributed by atoms with Crippen LogP contribution in [0.15, 0.2) is 84.9 Å². The Hall–Kier alpha value is -3.64. The van der Waals surface area contributed by atoms with Crippen LogP contribution >= 0.6 is 0 Å². The van der Waals surface area contributed by atoms with Crippen molar-refractivity contribution in [2.24, 2.45) is 11.8 Å². The van der Waals surface area contributed by atoms with E-state index in [-0.39, 0.29) is 0 Å². The highest BCUT2D eigenvalue weighted by Gasteiger charge is 2.11. The van der Waals surface area contributed by atoms with Crippen LogP contribution in [0.5, 0.6) is 0 Å². The fourth-order valence-corrected chi connectivity index (χ4v) is 4.64. The second kappa shape index (κ2) is 8.13. The van der Waals surface area contributed by atoms with Crippen molar-refractivity contribution in [3.8, 4) is 0 Å². The molecule has 0 amide bonds. The lowest BCUT2D eigenvalue weighted by atomic mass is 9.88. The summed E-state index contributed by atoms with van der Waals surface area (Å²) in [6, 6.07) is 30.1. The molecule has 0 nitrogen and oxygen atoms in total. The van der Waals surface area contributed by atoms with E-state index in [9.17, 15) is 0 Å². The van der Waals surface area contributed by atoms with Crippen LogP contribution in [0.2, 0.25) is 0 Å². The molecule has 0 spiro atoms. The van der Waals surface area contributed by atoms with Crippen molar-refractivity contribution < 1.29 is 0 Å². The van der Waals surface area contributed by atoms with Gasteiger partial charge in [-0.05, 0) is 77.2 Å². The van der Waals surface area contributed by atoms with E-state index in [1.165, 1.54) is 42.8 Å². The lowest BCUT2D eigenvalue weighted by Crippen LogP contribution is -2.31. The molecule has 6 rings (SSSR count). The van der Waals surface area contributed by atoms with E-state index in [1.807, 2.05) is 0 Å². The van der Waals surface area contributed by atoms with Gasteiger partial charge in [0.15, 0.2) is 0 Å². The van der Waals surface area contributed by atoms with E-state index in [0.29, 0.717) is 11.8 Å². The van der Waals surface area contributed by atoms with Crippen molar-refractivity contribution in [2.75, 3.05) is 0 Å². The first kappa shape index (κ1) is 20.3. The Bertz CT molecular complexity index is 1690. The predicted molar refractivity (Wildman–Crippen MR) is 142 cm³/mol. The molecule has 1 aliphatic carbocycles. The summed E-state index contributed by atoms with van der Waals surface area (Å²) in [5.41, 5.74) is 0. The minimum atomic E-state index is 0.637. The molecule has 2 unspecified atom stereocenters. The predicted octanol–water partition coefficient (Wildman–Crippen LogP) is 5.50. The van der Waals surface area contributed by atoms with Gasteiger partial charge in [-0.25, -0.2) is 0 Å². The molecule has 0 fully saturated rings. The molecule has 0 aliphatic heterocycles. The van der Waals surface area contributed by atoms with Crippen molar-refractivity contribution in [3.63, 3.8) is 0 Å². The fraction of sp³-hybridized carbons (Fsp3) is 0.125. The number of fused-ring (bicyclic) bond motifs is 6. The Morgan fingerprint density at radius 1 is 0.531 bits per heavy atom. The maximum absolute atomic E-state index is 4.01. The van der Waals surface area contributed by atoms with Crippen LogP contribution in [0.4, 0.5) is 0 Å². The van der Waals surface area contributed by atoms with Gasteiger partial charge in [0.05, 0.1) is 0 Å². The van der Waals surface area contributed by atoms with Gasteiger partial charge in [0.25, 0.3) is 0 Å². The summed E-state index contributed by atoms with van der Waals surface area (Å²) in [4.78, 5) is 0. The summed E-state index contributed by atoms with van der Waals surface area (Å²) >= 11 is 0. The van der Waals surface area contributed by atoms with Crippen molar-refractivity contribution >= 4 is 57.6 Å². The highest BCUT2D eigenvalue weighted by atomic mass is 14.2. The molecule has 156 valence electrons. The van der Waals surface area contributed by atoms with Crippen LogP contribution in [0.3, 0.4) is 0 Å². The van der Waals surface area contributed by atoms with Gasteiger partial charge in [-0.1, -0.05) is 112 Å². The van der Waals surface area contributed by atoms with Gasteiger partial charge in [0.2, 0.25) is 0 Å². The van der Waals surface area contributed by atoms with Gasteiger partial charge in [0, 0.05) is 0 Å². The van der Waals surface area contributed by atoms with E-state index >= 15 is 0 Å². The Morgan fingerprint density at radius 2 is 1.09 bits per heavy atom. The molecule has 2 atom stereocenters. The topological polar surface area (TPSA) is 0 Å². The Balaban J connectivity index is 0.000000135. The van der Waals surface area contributed by atoms with E-state index in [2.05, 4.69) is 124 Å². The van der Waals surface area contributed by atoms with Crippen molar-refractivity contribution in [1.29, 1.82) is 0 Å². The second-order valence-corrected chi connectivity index (χ2v) is 8.97. The minimum absolute atomic E-state index is 0.637. The van der Waals surface area contributed by atoms with Crippen LogP contribution in [0.1, 0.15) is 13.8 Å². The molecule has 0 aromatic heterocycles. The molecular weight excluding hydrogens is 384 g/mol. The molecule has 0 heterocycles. The largest absolute Gasteiger partial charge is 0.0912 e. The van der Waals surface area contributed by atoms with Gasteiger partial charge in [-0.2, -0.15) is 0 Å². The average Bonchev–Trinajstić information content (AvgIpc) is 2.81. The number of hydrogen-bond acceptors (Lipinski definition) is 0. The zero-order chi connectivity index (χ0) is 22.2. The molecule has 5 aromatic carbocycles. The Morgan fingerprint density at radius 3 is 1.88 bits per heavy atom. The first-order chi connectivity index (χ1) is 15.5. The van der Waals surface area contributed by atoms with Crippen LogP contribution in [0, 0.1) is 11.8 Å². The number of rotatable bonds is 0. The molecule has 0 saturated carbocycles. The van der Waals surface area contributed by atoms with Crippen LogP contribution < -0.4 is 20.9 Å². The quantitative estimate of drug-likeness (QED) is 0.295. The van der Waals surface area contributed by atoms with Gasteiger partial charge >= 0.3 is 0 Å². The third kappa shape index (κ3) is 3.63. The molecule has 0 bridgehead atoms. The molecule has 0 heteroatoms. The Kier molecular flexibility index (Phi) is 5.15. The molecule has 32 heavy (non-hydrogen) atoms. The van der Waals surface area contributed by atoms with Crippen molar-refractivity contribution in [1.82, 2.24) is 0 Å². The summed E-state index contributed by atoms with van der Waals surface area (Å²) in [6.07, 6.45) is 4.81. The van der Waals surface area contributed by atoms with Crippen LogP contribution in [0.25, 0.3) is 57.6 Å². The smallest absolute Gasteiger partial charge is 0.00992 e. The zero-order valence-electron chi connectivity index (χ0n) is 18.8. The van der Waals surface area contributed by atoms with Crippen LogP contribution in [-0.4, -0.2) is 0 Å². The standard InChI is InChI=1S/C16H16.C16H12/c2*1-11-9-14-8-7-13-5-3-4-6-15(13)16(14)10-12(11)2/h3-12H,1-2H3;3-10H,1-2H2. The van der Waals surface area contributed by atoms with Gasteiger partial charge in [0.1, 0.15) is 0 Å². The third-order valence-electron chi connectivity index (χ3n) is 6.77. The van der Waals surface area contributed by atoms with Gasteiger partial charge in [-0.15, -0.1) is 0 Å². The summed E-state index contributed by atoms with van der Waals surface area (Å²) in [5.74, 6) is 1.28. The maximum atomic E-state index is 4.01. The normalized spacial score (nSPS) is 17.2. The molecule has 0 saturated heterocycles. The van der Waals surface area contributed by atoms with E-state index < -0.39 is 0 Å². The summed E-state index contributed by atoms with van der Waals surface area (Å²) in [5, 5.41) is 12.6. The zero-order valence-corrected chi connectivity index (χ0v) is 18.8. The van der Waals surface area contributed by atoms with E-state index in [0.717, 1.165) is 10.4 Å². The van der Waals surface area contributed by atoms with Gasteiger partial charge in [-0.3, -0.25) is 0 Å². The third-order valence-corrected chi connectivity index (χ3v) is 6.77.